The van der Waals surface area contributed by atoms with Crippen molar-refractivity contribution >= 4 is 17.4 Å². The predicted octanol–water partition coefficient (Wildman–Crippen LogP) is 4.60. The van der Waals surface area contributed by atoms with Gasteiger partial charge in [-0.1, -0.05) is 39.0 Å². The van der Waals surface area contributed by atoms with Crippen LogP contribution in [0.1, 0.15) is 56.3 Å². The molecule has 7 nitrogen and oxygen atoms in total. The van der Waals surface area contributed by atoms with Crippen LogP contribution in [0.2, 0.25) is 0 Å². The third-order valence-electron chi connectivity index (χ3n) is 6.69. The molecule has 2 fully saturated rings. The van der Waals surface area contributed by atoms with Gasteiger partial charge in [0.05, 0.1) is 37.5 Å². The third-order valence-corrected chi connectivity index (χ3v) is 6.69. The van der Waals surface area contributed by atoms with Crippen molar-refractivity contribution in [2.24, 2.45) is 0 Å². The number of hydrogen-bond donors (Lipinski definition) is 1. The van der Waals surface area contributed by atoms with Crippen LogP contribution in [-0.4, -0.2) is 55.2 Å². The van der Waals surface area contributed by atoms with Gasteiger partial charge in [0.25, 0.3) is 11.7 Å². The smallest absolute Gasteiger partial charge is 0.295 e. The first-order chi connectivity index (χ1) is 16.7. The van der Waals surface area contributed by atoms with Gasteiger partial charge in [-0.3, -0.25) is 9.59 Å². The largest absolute Gasteiger partial charge is 0.507 e. The molecular formula is C28H33NO6. The molecule has 0 aliphatic carbocycles. The zero-order valence-corrected chi connectivity index (χ0v) is 21.0. The number of nitrogens with zero attached hydrogens (tertiary/aromatic N) is 1. The summed E-state index contributed by atoms with van der Waals surface area (Å²) in [6.45, 7) is 7.10. The maximum Gasteiger partial charge on any atom is 0.295 e. The van der Waals surface area contributed by atoms with Gasteiger partial charge < -0.3 is 24.2 Å². The van der Waals surface area contributed by atoms with Crippen molar-refractivity contribution < 1.29 is 28.9 Å². The van der Waals surface area contributed by atoms with E-state index in [2.05, 4.69) is 20.8 Å². The number of carbonyl (C=O) groups is 2. The highest BCUT2D eigenvalue weighted by Gasteiger charge is 2.47. The number of methoxy groups -OCH3 is 2. The van der Waals surface area contributed by atoms with Crippen LogP contribution in [0.25, 0.3) is 5.76 Å². The standard InChI is InChI=1S/C28H33NO6/c1-28(2,3)18-11-12-22(34-5)21(15-18)25(30)23-24(17-8-6-9-19(14-17)33-4)29(27(32)26(23)31)16-20-10-7-13-35-20/h6,8-9,11-12,14-15,20,24,30H,7,10,13,16H2,1-5H3/b25-23+. The minimum absolute atomic E-state index is 0.0330. The molecule has 2 aliphatic heterocycles. The molecule has 2 aromatic carbocycles. The number of aliphatic hydroxyl groups excluding tert-OH is 1. The maximum absolute atomic E-state index is 13.4. The molecule has 0 spiro atoms. The number of benzene rings is 2. The Bertz CT molecular complexity index is 1160. The van der Waals surface area contributed by atoms with E-state index in [1.165, 1.54) is 12.0 Å². The van der Waals surface area contributed by atoms with Gasteiger partial charge in [-0.25, -0.2) is 0 Å². The van der Waals surface area contributed by atoms with Crippen molar-refractivity contribution in [3.8, 4) is 11.5 Å². The first-order valence-electron chi connectivity index (χ1n) is 11.9. The van der Waals surface area contributed by atoms with Crippen LogP contribution >= 0.6 is 0 Å². The number of amides is 1. The number of ketones is 1. The second-order valence-corrected chi connectivity index (χ2v) is 10.0. The van der Waals surface area contributed by atoms with Crippen molar-refractivity contribution in [1.29, 1.82) is 0 Å². The number of Topliss-reactive ketones (excluding diaryl/α,β-unsaturated/α-hetero) is 1. The zero-order chi connectivity index (χ0) is 25.3. The Hall–Kier alpha value is -3.32. The van der Waals surface area contributed by atoms with Crippen molar-refractivity contribution in [3.05, 3.63) is 64.7 Å². The molecule has 1 amide bonds. The number of likely N-dealkylation sites (tertiary alicyclic amines) is 1. The highest BCUT2D eigenvalue weighted by molar-refractivity contribution is 6.46. The van der Waals surface area contributed by atoms with Crippen molar-refractivity contribution in [3.63, 3.8) is 0 Å². The normalized spacial score (nSPS) is 22.0. The molecule has 186 valence electrons. The summed E-state index contributed by atoms with van der Waals surface area (Å²) in [7, 11) is 3.07. The molecule has 2 aromatic rings. The quantitative estimate of drug-likeness (QED) is 0.370. The Balaban J connectivity index is 1.90. The Morgan fingerprint density at radius 1 is 1.11 bits per heavy atom. The molecule has 0 radical (unpaired) electrons. The van der Waals surface area contributed by atoms with E-state index >= 15 is 0 Å². The lowest BCUT2D eigenvalue weighted by molar-refractivity contribution is -0.140. The van der Waals surface area contributed by atoms with Crippen LogP contribution in [0.3, 0.4) is 0 Å². The highest BCUT2D eigenvalue weighted by Crippen LogP contribution is 2.43. The Kier molecular flexibility index (Phi) is 6.90. The van der Waals surface area contributed by atoms with Crippen LogP contribution in [-0.2, 0) is 19.7 Å². The summed E-state index contributed by atoms with van der Waals surface area (Å²) in [5.74, 6) is -0.617. The molecule has 4 rings (SSSR count). The molecule has 0 bridgehead atoms. The first kappa shape index (κ1) is 24.8. The fourth-order valence-electron chi connectivity index (χ4n) is 4.74. The van der Waals surface area contributed by atoms with E-state index in [4.69, 9.17) is 14.2 Å². The second-order valence-electron chi connectivity index (χ2n) is 10.0. The van der Waals surface area contributed by atoms with Gasteiger partial charge in [0.15, 0.2) is 0 Å². The third kappa shape index (κ3) is 4.78. The number of ether oxygens (including phenoxy) is 3. The molecule has 7 heteroatoms. The summed E-state index contributed by atoms with van der Waals surface area (Å²) in [5.41, 5.74) is 1.86. The molecule has 35 heavy (non-hydrogen) atoms. The molecular weight excluding hydrogens is 446 g/mol. The van der Waals surface area contributed by atoms with E-state index in [0.717, 1.165) is 18.4 Å². The minimum Gasteiger partial charge on any atom is -0.507 e. The lowest BCUT2D eigenvalue weighted by Gasteiger charge is -2.28. The van der Waals surface area contributed by atoms with Crippen LogP contribution in [0.4, 0.5) is 0 Å². The van der Waals surface area contributed by atoms with E-state index in [1.54, 1.807) is 31.4 Å². The fraction of sp³-hybridized carbons (Fsp3) is 0.429. The van der Waals surface area contributed by atoms with Crippen LogP contribution in [0.15, 0.2) is 48.0 Å². The van der Waals surface area contributed by atoms with Crippen molar-refractivity contribution in [2.45, 2.75) is 51.2 Å². The molecule has 2 heterocycles. The summed E-state index contributed by atoms with van der Waals surface area (Å²) >= 11 is 0. The summed E-state index contributed by atoms with van der Waals surface area (Å²) < 4.78 is 16.7. The molecule has 2 saturated heterocycles. The van der Waals surface area contributed by atoms with Crippen LogP contribution in [0.5, 0.6) is 11.5 Å². The van der Waals surface area contributed by atoms with Crippen molar-refractivity contribution in [1.82, 2.24) is 4.90 Å². The number of rotatable bonds is 6. The number of aliphatic hydroxyl groups is 1. The predicted molar refractivity (Wildman–Crippen MR) is 133 cm³/mol. The lowest BCUT2D eigenvalue weighted by atomic mass is 9.85. The average Bonchev–Trinajstić information content (AvgIpc) is 3.45. The first-order valence-corrected chi connectivity index (χ1v) is 11.9. The number of carbonyl (C=O) groups excluding carboxylic acids is 2. The summed E-state index contributed by atoms with van der Waals surface area (Å²) in [4.78, 5) is 28.2. The Labute approximate surface area is 206 Å². The van der Waals surface area contributed by atoms with Crippen LogP contribution < -0.4 is 9.47 Å². The molecule has 2 atom stereocenters. The minimum atomic E-state index is -0.780. The SMILES string of the molecule is COc1cccc(C2/C(=C(\O)c3cc(C(C)(C)C)ccc3OC)C(=O)C(=O)N2CC2CCCO2)c1. The Morgan fingerprint density at radius 3 is 2.51 bits per heavy atom. The molecule has 2 aliphatic rings. The highest BCUT2D eigenvalue weighted by atomic mass is 16.5. The monoisotopic (exact) mass is 479 g/mol. The Morgan fingerprint density at radius 2 is 1.89 bits per heavy atom. The van der Waals surface area contributed by atoms with Gasteiger partial charge in [0.1, 0.15) is 17.3 Å². The van der Waals surface area contributed by atoms with Gasteiger partial charge in [-0.15, -0.1) is 0 Å². The zero-order valence-electron chi connectivity index (χ0n) is 21.0. The van der Waals surface area contributed by atoms with Crippen LogP contribution in [0, 0.1) is 0 Å². The van der Waals surface area contributed by atoms with E-state index in [1.807, 2.05) is 18.2 Å². The lowest BCUT2D eigenvalue weighted by Crippen LogP contribution is -2.36. The molecule has 0 saturated carbocycles. The van der Waals surface area contributed by atoms with E-state index < -0.39 is 17.7 Å². The van der Waals surface area contributed by atoms with Gasteiger partial charge in [-0.2, -0.15) is 0 Å². The van der Waals surface area contributed by atoms with Gasteiger partial charge in [0, 0.05) is 13.2 Å². The second kappa shape index (κ2) is 9.74. The van der Waals surface area contributed by atoms with Gasteiger partial charge in [0.2, 0.25) is 0 Å². The topological polar surface area (TPSA) is 85.3 Å². The van der Waals surface area contributed by atoms with E-state index in [9.17, 15) is 14.7 Å². The summed E-state index contributed by atoms with van der Waals surface area (Å²) in [6.07, 6.45) is 1.57. The summed E-state index contributed by atoms with van der Waals surface area (Å²) in [5, 5.41) is 11.6. The average molecular weight is 480 g/mol. The van der Waals surface area contributed by atoms with Gasteiger partial charge >= 0.3 is 0 Å². The molecule has 2 unspecified atom stereocenters. The van der Waals surface area contributed by atoms with Crippen molar-refractivity contribution in [2.75, 3.05) is 27.4 Å². The molecule has 1 N–H and O–H groups in total. The van der Waals surface area contributed by atoms with Gasteiger partial charge in [-0.05, 0) is 53.6 Å². The van der Waals surface area contributed by atoms with E-state index in [-0.39, 0.29) is 29.4 Å². The maximum atomic E-state index is 13.4. The summed E-state index contributed by atoms with van der Waals surface area (Å²) in [6, 6.07) is 12.0. The number of hydrogen-bond acceptors (Lipinski definition) is 6. The van der Waals surface area contributed by atoms with E-state index in [0.29, 0.717) is 29.2 Å². The molecule has 0 aromatic heterocycles. The fourth-order valence-corrected chi connectivity index (χ4v) is 4.74.